The number of carbonyl (C=O) groups excluding carboxylic acids is 5. The van der Waals surface area contributed by atoms with Crippen LogP contribution in [-0.4, -0.2) is 95.0 Å². The quantitative estimate of drug-likeness (QED) is 0.237. The van der Waals surface area contributed by atoms with Gasteiger partial charge in [0.05, 0.1) is 36.6 Å². The van der Waals surface area contributed by atoms with Gasteiger partial charge in [-0.05, 0) is 43.7 Å². The van der Waals surface area contributed by atoms with E-state index in [9.17, 15) is 29.4 Å². The van der Waals surface area contributed by atoms with Crippen LogP contribution in [0.2, 0.25) is 0 Å². The Kier molecular flexibility index (Phi) is 8.19. The molecule has 1 aromatic rings. The van der Waals surface area contributed by atoms with E-state index in [1.165, 1.54) is 13.2 Å². The molecule has 1 aromatic heterocycles. The van der Waals surface area contributed by atoms with E-state index in [1.54, 1.807) is 26.2 Å². The molecule has 1 spiro atoms. The SMILES string of the molecule is CCC(C)C(=O)OC1OCC23C(O)C(OC(C)=O)C(OC(C)=O)C1(C)C2CC(OC(C)=O)C1(C)C3C(=O)C(O)C2(C)C(c3ccoc3)CC3OC321. The molecule has 7 rings (SSSR count). The molecule has 16 atom stereocenters. The van der Waals surface area contributed by atoms with E-state index in [1.807, 2.05) is 20.8 Å². The van der Waals surface area contributed by atoms with E-state index >= 15 is 4.79 Å². The lowest BCUT2D eigenvalue weighted by molar-refractivity contribution is -0.391. The molecule has 2 N–H and O–H groups in total. The largest absolute Gasteiger partial charge is 0.472 e. The average Bonchev–Trinajstić information content (AvgIpc) is 3.42. The van der Waals surface area contributed by atoms with Crippen molar-refractivity contribution in [1.82, 2.24) is 0 Å². The first-order valence-electron chi connectivity index (χ1n) is 17.8. The van der Waals surface area contributed by atoms with E-state index in [0.29, 0.717) is 12.8 Å². The van der Waals surface area contributed by atoms with Gasteiger partial charge in [0, 0.05) is 48.9 Å². The maximum atomic E-state index is 15.3. The molecule has 2 bridgehead atoms. The predicted molar refractivity (Wildman–Crippen MR) is 171 cm³/mol. The number of aliphatic hydroxyl groups is 2. The highest BCUT2D eigenvalue weighted by Crippen LogP contribution is 2.83. The molecule has 2 aliphatic heterocycles. The number of aliphatic hydroxyl groups excluding tert-OH is 2. The summed E-state index contributed by atoms with van der Waals surface area (Å²) in [6.45, 7) is 12.0. The van der Waals surface area contributed by atoms with Crippen LogP contribution in [0.25, 0.3) is 0 Å². The summed E-state index contributed by atoms with van der Waals surface area (Å²) in [4.78, 5) is 67.1. The number of carbonyl (C=O) groups is 5. The Morgan fingerprint density at radius 2 is 1.63 bits per heavy atom. The summed E-state index contributed by atoms with van der Waals surface area (Å²) in [6.07, 6.45) is -5.15. The third kappa shape index (κ3) is 4.33. The highest BCUT2D eigenvalue weighted by Gasteiger charge is 2.93. The molecular formula is C37H48O14. The van der Waals surface area contributed by atoms with Crippen molar-refractivity contribution < 1.29 is 67.0 Å². The molecular weight excluding hydrogens is 668 g/mol. The zero-order valence-electron chi connectivity index (χ0n) is 30.2. The van der Waals surface area contributed by atoms with Crippen molar-refractivity contribution >= 4 is 29.7 Å². The van der Waals surface area contributed by atoms with Gasteiger partial charge in [0.15, 0.2) is 18.0 Å². The Morgan fingerprint density at radius 1 is 0.961 bits per heavy atom. The van der Waals surface area contributed by atoms with Crippen LogP contribution in [0.3, 0.4) is 0 Å². The van der Waals surface area contributed by atoms with E-state index in [-0.39, 0.29) is 18.9 Å². The molecule has 51 heavy (non-hydrogen) atoms. The molecule has 280 valence electrons. The molecule has 14 heteroatoms. The molecule has 0 amide bonds. The summed E-state index contributed by atoms with van der Waals surface area (Å²) in [5.41, 5.74) is -6.24. The minimum Gasteiger partial charge on any atom is -0.472 e. The van der Waals surface area contributed by atoms with Crippen LogP contribution < -0.4 is 0 Å². The maximum Gasteiger partial charge on any atom is 0.310 e. The van der Waals surface area contributed by atoms with Crippen molar-refractivity contribution in [2.45, 2.75) is 129 Å². The van der Waals surface area contributed by atoms with Crippen LogP contribution >= 0.6 is 0 Å². The second-order valence-corrected chi connectivity index (χ2v) is 16.3. The van der Waals surface area contributed by atoms with Gasteiger partial charge in [0.1, 0.15) is 23.9 Å². The van der Waals surface area contributed by atoms with E-state index in [4.69, 9.17) is 32.8 Å². The Balaban J connectivity index is 1.46. The monoisotopic (exact) mass is 716 g/mol. The highest BCUT2D eigenvalue weighted by atomic mass is 16.7. The first-order chi connectivity index (χ1) is 23.9. The van der Waals surface area contributed by atoms with Crippen LogP contribution in [0.15, 0.2) is 23.0 Å². The Hall–Kier alpha value is -3.33. The average molecular weight is 717 g/mol. The first kappa shape index (κ1) is 36.0. The van der Waals surface area contributed by atoms with Crippen LogP contribution in [0.4, 0.5) is 0 Å². The van der Waals surface area contributed by atoms with Crippen LogP contribution in [0.5, 0.6) is 0 Å². The molecule has 0 aromatic carbocycles. The number of epoxide rings is 1. The number of hydrogen-bond donors (Lipinski definition) is 2. The van der Waals surface area contributed by atoms with Gasteiger partial charge in [-0.1, -0.05) is 27.7 Å². The van der Waals surface area contributed by atoms with Crippen molar-refractivity contribution in [2.24, 2.45) is 39.4 Å². The van der Waals surface area contributed by atoms with Gasteiger partial charge in [-0.25, -0.2) is 0 Å². The zero-order valence-corrected chi connectivity index (χ0v) is 30.2. The Morgan fingerprint density at radius 3 is 2.22 bits per heavy atom. The van der Waals surface area contributed by atoms with Gasteiger partial charge in [-0.2, -0.15) is 0 Å². The van der Waals surface area contributed by atoms with Crippen LogP contribution in [-0.2, 0) is 52.4 Å². The molecule has 14 nitrogen and oxygen atoms in total. The Bertz CT molecular complexity index is 1640. The lowest BCUT2D eigenvalue weighted by Gasteiger charge is -2.73. The maximum absolute atomic E-state index is 15.3. The second-order valence-electron chi connectivity index (χ2n) is 16.3. The summed E-state index contributed by atoms with van der Waals surface area (Å²) in [5.74, 6) is -6.50. The fourth-order valence-corrected chi connectivity index (χ4v) is 11.9. The topological polar surface area (TPSA) is 198 Å². The number of hydrogen-bond acceptors (Lipinski definition) is 14. The van der Waals surface area contributed by atoms with Gasteiger partial charge in [0.2, 0.25) is 6.29 Å². The standard InChI is InChI=1S/C37H48O14/c1-9-16(2)31(44)50-32-33(6)22-13-23(47-17(3)38)35(8)27(36(22,15-46-32)29(43)26(48-18(4)39)30(33)49-19(5)40)25(41)28(42)34(7)21(20-10-11-45-14-20)12-24-37(34,35)51-24/h10-11,14,16,21-24,26-30,32,42-43H,9,12-13,15H2,1-8H3. The lowest BCUT2D eigenvalue weighted by atomic mass is 9.33. The fraction of sp³-hybridized carbons (Fsp3) is 0.757. The molecule has 6 fully saturated rings. The van der Waals surface area contributed by atoms with Crippen molar-refractivity contribution in [1.29, 1.82) is 0 Å². The van der Waals surface area contributed by atoms with E-state index in [0.717, 1.165) is 19.4 Å². The van der Waals surface area contributed by atoms with Gasteiger partial charge in [-0.3, -0.25) is 24.0 Å². The van der Waals surface area contributed by atoms with Gasteiger partial charge < -0.3 is 43.1 Å². The molecule has 3 heterocycles. The minimum atomic E-state index is -1.70. The summed E-state index contributed by atoms with van der Waals surface area (Å²) in [6, 6.07) is 1.80. The minimum absolute atomic E-state index is 0.000893. The third-order valence-electron chi connectivity index (χ3n) is 14.1. The normalized spacial score (nSPS) is 48.2. The summed E-state index contributed by atoms with van der Waals surface area (Å²) >= 11 is 0. The summed E-state index contributed by atoms with van der Waals surface area (Å²) in [5, 5.41) is 25.0. The molecule has 2 saturated heterocycles. The number of esters is 4. The van der Waals surface area contributed by atoms with Crippen molar-refractivity contribution in [3.8, 4) is 0 Å². The summed E-state index contributed by atoms with van der Waals surface area (Å²) < 4.78 is 42.4. The molecule has 0 radical (unpaired) electrons. The van der Waals surface area contributed by atoms with Gasteiger partial charge >= 0.3 is 23.9 Å². The third-order valence-corrected chi connectivity index (χ3v) is 14.1. The number of ether oxygens (including phenoxy) is 6. The van der Waals surface area contributed by atoms with Crippen LogP contribution in [0, 0.1) is 39.4 Å². The zero-order chi connectivity index (χ0) is 37.2. The number of furan rings is 1. The molecule has 4 saturated carbocycles. The predicted octanol–water partition coefficient (Wildman–Crippen LogP) is 2.60. The van der Waals surface area contributed by atoms with E-state index in [2.05, 4.69) is 0 Å². The Labute approximate surface area is 295 Å². The number of rotatable bonds is 7. The highest BCUT2D eigenvalue weighted by molar-refractivity contribution is 5.91. The van der Waals surface area contributed by atoms with Gasteiger partial charge in [0.25, 0.3) is 0 Å². The van der Waals surface area contributed by atoms with Crippen molar-refractivity contribution in [3.63, 3.8) is 0 Å². The van der Waals surface area contributed by atoms with E-state index < -0.39 is 118 Å². The number of ketones is 1. The lowest BCUT2D eigenvalue weighted by Crippen LogP contribution is -2.84. The molecule has 4 aliphatic carbocycles. The summed E-state index contributed by atoms with van der Waals surface area (Å²) in [7, 11) is 0. The van der Waals surface area contributed by atoms with Crippen LogP contribution in [0.1, 0.15) is 86.1 Å². The van der Waals surface area contributed by atoms with Gasteiger partial charge in [-0.15, -0.1) is 0 Å². The fourth-order valence-electron chi connectivity index (χ4n) is 11.9. The van der Waals surface area contributed by atoms with Crippen molar-refractivity contribution in [2.75, 3.05) is 6.61 Å². The van der Waals surface area contributed by atoms with Crippen molar-refractivity contribution in [3.05, 3.63) is 24.2 Å². The second kappa shape index (κ2) is 11.6. The molecule has 16 unspecified atom stereocenters. The number of fused-ring (bicyclic) bond motifs is 1. The number of Topliss-reactive ketones (excluding diaryl/α,β-unsaturated/α-hetero) is 1. The molecule has 6 aliphatic rings. The first-order valence-corrected chi connectivity index (χ1v) is 17.8. The smallest absolute Gasteiger partial charge is 0.310 e.